The van der Waals surface area contributed by atoms with Crippen LogP contribution in [0.4, 0.5) is 5.69 Å². The molecule has 2 N–H and O–H groups in total. The van der Waals surface area contributed by atoms with E-state index in [2.05, 4.69) is 33.2 Å². The van der Waals surface area contributed by atoms with Crippen molar-refractivity contribution in [3.05, 3.63) is 62.7 Å². The Balaban J connectivity index is 1.94. The molecule has 0 aliphatic rings. The summed E-state index contributed by atoms with van der Waals surface area (Å²) in [6.45, 7) is 1.63. The van der Waals surface area contributed by atoms with E-state index in [-0.39, 0.29) is 11.8 Å². The molecule has 22 heavy (non-hydrogen) atoms. The van der Waals surface area contributed by atoms with E-state index < -0.39 is 6.04 Å². The lowest BCUT2D eigenvalue weighted by Crippen LogP contribution is -2.41. The fourth-order valence-electron chi connectivity index (χ4n) is 1.73. The molecule has 0 aromatic heterocycles. The van der Waals surface area contributed by atoms with Crippen LogP contribution in [-0.4, -0.2) is 17.9 Å². The summed E-state index contributed by atoms with van der Waals surface area (Å²) in [5.41, 5.74) is 1.15. The molecule has 0 saturated carbocycles. The second kappa shape index (κ2) is 7.60. The quantitative estimate of drug-likeness (QED) is 0.730. The molecule has 0 heterocycles. The number of carbonyl (C=O) groups is 2. The van der Waals surface area contributed by atoms with Gasteiger partial charge in [0.15, 0.2) is 0 Å². The number of nitrogens with one attached hydrogen (secondary N) is 2. The minimum atomic E-state index is -0.651. The number of rotatable bonds is 4. The summed E-state index contributed by atoms with van der Waals surface area (Å²) in [4.78, 5) is 24.1. The van der Waals surface area contributed by atoms with Gasteiger partial charge in [-0.3, -0.25) is 9.59 Å². The Morgan fingerprint density at radius 3 is 2.23 bits per heavy atom. The van der Waals surface area contributed by atoms with E-state index >= 15 is 0 Å². The molecule has 0 unspecified atom stereocenters. The van der Waals surface area contributed by atoms with E-state index in [1.165, 1.54) is 0 Å². The topological polar surface area (TPSA) is 58.2 Å². The molecule has 2 aromatic rings. The summed E-state index contributed by atoms with van der Waals surface area (Å²) >= 11 is 7.97. The SMILES string of the molecule is C[C@@H](NC(=O)c1ccc(Cl)cc1)C(=O)Nc1ccc(I)cc1. The lowest BCUT2D eigenvalue weighted by Gasteiger charge is -2.14. The Morgan fingerprint density at radius 2 is 1.64 bits per heavy atom. The molecular weight excluding hydrogens is 415 g/mol. The van der Waals surface area contributed by atoms with Crippen LogP contribution in [0.15, 0.2) is 48.5 Å². The summed E-state index contributed by atoms with van der Waals surface area (Å²) in [5, 5.41) is 5.96. The zero-order valence-corrected chi connectivity index (χ0v) is 14.7. The second-order valence-corrected chi connectivity index (χ2v) is 6.38. The van der Waals surface area contributed by atoms with Crippen molar-refractivity contribution in [1.82, 2.24) is 5.32 Å². The van der Waals surface area contributed by atoms with Gasteiger partial charge in [-0.2, -0.15) is 0 Å². The van der Waals surface area contributed by atoms with Gasteiger partial charge < -0.3 is 10.6 Å². The molecule has 0 saturated heterocycles. The standard InChI is InChI=1S/C16H14ClIN2O2/c1-10(15(21)20-14-8-6-13(18)7-9-14)19-16(22)11-2-4-12(17)5-3-11/h2-10H,1H3,(H,19,22)(H,20,21)/t10-/m1/s1. The largest absolute Gasteiger partial charge is 0.341 e. The molecule has 1 atom stereocenters. The summed E-state index contributed by atoms with van der Waals surface area (Å²) in [5.74, 6) is -0.592. The number of carbonyl (C=O) groups excluding carboxylic acids is 2. The molecular formula is C16H14ClIN2O2. The van der Waals surface area contributed by atoms with Crippen molar-refractivity contribution in [3.8, 4) is 0 Å². The molecule has 0 aliphatic heterocycles. The van der Waals surface area contributed by atoms with Crippen LogP contribution in [0.1, 0.15) is 17.3 Å². The third-order valence-corrected chi connectivity index (χ3v) is 3.93. The van der Waals surface area contributed by atoms with Crippen LogP contribution in [0, 0.1) is 3.57 Å². The van der Waals surface area contributed by atoms with Crippen LogP contribution in [0.25, 0.3) is 0 Å². The van der Waals surface area contributed by atoms with Gasteiger partial charge in [0.2, 0.25) is 5.91 Å². The molecule has 0 spiro atoms. The monoisotopic (exact) mass is 428 g/mol. The van der Waals surface area contributed by atoms with Crippen molar-refractivity contribution in [2.75, 3.05) is 5.32 Å². The summed E-state index contributed by atoms with van der Waals surface area (Å²) < 4.78 is 1.08. The van der Waals surface area contributed by atoms with Crippen LogP contribution >= 0.6 is 34.2 Å². The van der Waals surface area contributed by atoms with Crippen LogP contribution in [0.3, 0.4) is 0 Å². The van der Waals surface area contributed by atoms with Crippen molar-refractivity contribution in [3.63, 3.8) is 0 Å². The van der Waals surface area contributed by atoms with Crippen molar-refractivity contribution >= 4 is 51.7 Å². The third kappa shape index (κ3) is 4.71. The summed E-state index contributed by atoms with van der Waals surface area (Å²) in [7, 11) is 0. The van der Waals surface area contributed by atoms with Gasteiger partial charge in [0, 0.05) is 19.8 Å². The highest BCUT2D eigenvalue weighted by molar-refractivity contribution is 14.1. The normalized spacial score (nSPS) is 11.6. The second-order valence-electron chi connectivity index (χ2n) is 4.70. The first-order valence-corrected chi connectivity index (χ1v) is 8.04. The average Bonchev–Trinajstić information content (AvgIpc) is 2.50. The Morgan fingerprint density at radius 1 is 1.05 bits per heavy atom. The smallest absolute Gasteiger partial charge is 0.251 e. The molecule has 2 rings (SSSR count). The number of hydrogen-bond donors (Lipinski definition) is 2. The molecule has 0 bridgehead atoms. The van der Waals surface area contributed by atoms with Crippen LogP contribution < -0.4 is 10.6 Å². The lowest BCUT2D eigenvalue weighted by molar-refractivity contribution is -0.117. The number of benzene rings is 2. The highest BCUT2D eigenvalue weighted by atomic mass is 127. The highest BCUT2D eigenvalue weighted by Crippen LogP contribution is 2.12. The zero-order valence-electron chi connectivity index (χ0n) is 11.8. The van der Waals surface area contributed by atoms with Gasteiger partial charge in [0.1, 0.15) is 6.04 Å². The molecule has 6 heteroatoms. The van der Waals surface area contributed by atoms with Gasteiger partial charge in [-0.15, -0.1) is 0 Å². The van der Waals surface area contributed by atoms with Crippen molar-refractivity contribution in [2.45, 2.75) is 13.0 Å². The van der Waals surface area contributed by atoms with Crippen LogP contribution in [-0.2, 0) is 4.79 Å². The summed E-state index contributed by atoms with van der Waals surface area (Å²) in [6, 6.07) is 13.3. The lowest BCUT2D eigenvalue weighted by atomic mass is 10.2. The molecule has 0 aliphatic carbocycles. The number of halogens is 2. The van der Waals surface area contributed by atoms with E-state index in [0.717, 1.165) is 3.57 Å². The van der Waals surface area contributed by atoms with Gasteiger partial charge in [-0.05, 0) is 78.0 Å². The first kappa shape index (κ1) is 16.8. The Kier molecular flexibility index (Phi) is 5.79. The maximum absolute atomic E-state index is 12.1. The van der Waals surface area contributed by atoms with Crippen LogP contribution in [0.2, 0.25) is 5.02 Å². The molecule has 0 radical (unpaired) electrons. The molecule has 4 nitrogen and oxygen atoms in total. The molecule has 114 valence electrons. The summed E-state index contributed by atoms with van der Waals surface area (Å²) in [6.07, 6.45) is 0. The van der Waals surface area contributed by atoms with E-state index in [9.17, 15) is 9.59 Å². The van der Waals surface area contributed by atoms with Crippen molar-refractivity contribution < 1.29 is 9.59 Å². The fourth-order valence-corrected chi connectivity index (χ4v) is 2.22. The highest BCUT2D eigenvalue weighted by Gasteiger charge is 2.16. The van der Waals surface area contributed by atoms with Gasteiger partial charge in [-0.1, -0.05) is 11.6 Å². The van der Waals surface area contributed by atoms with Gasteiger partial charge in [-0.25, -0.2) is 0 Å². The van der Waals surface area contributed by atoms with E-state index in [0.29, 0.717) is 16.3 Å². The minimum absolute atomic E-state index is 0.275. The molecule has 2 amide bonds. The fraction of sp³-hybridized carbons (Fsp3) is 0.125. The number of hydrogen-bond acceptors (Lipinski definition) is 2. The molecule has 2 aromatic carbocycles. The maximum Gasteiger partial charge on any atom is 0.251 e. The minimum Gasteiger partial charge on any atom is -0.341 e. The Hall–Kier alpha value is -1.60. The van der Waals surface area contributed by atoms with Gasteiger partial charge >= 0.3 is 0 Å². The van der Waals surface area contributed by atoms with Gasteiger partial charge in [0.05, 0.1) is 0 Å². The average molecular weight is 429 g/mol. The third-order valence-electron chi connectivity index (χ3n) is 2.96. The van der Waals surface area contributed by atoms with Gasteiger partial charge in [0.25, 0.3) is 5.91 Å². The van der Waals surface area contributed by atoms with Crippen molar-refractivity contribution in [1.29, 1.82) is 0 Å². The number of amides is 2. The zero-order chi connectivity index (χ0) is 16.1. The predicted molar refractivity (Wildman–Crippen MR) is 96.2 cm³/mol. The Labute approximate surface area is 147 Å². The predicted octanol–water partition coefficient (Wildman–Crippen LogP) is 3.70. The first-order valence-electron chi connectivity index (χ1n) is 6.58. The van der Waals surface area contributed by atoms with Crippen LogP contribution in [0.5, 0.6) is 0 Å². The molecule has 0 fully saturated rings. The van der Waals surface area contributed by atoms with E-state index in [4.69, 9.17) is 11.6 Å². The van der Waals surface area contributed by atoms with E-state index in [1.54, 1.807) is 31.2 Å². The maximum atomic E-state index is 12.1. The first-order chi connectivity index (χ1) is 10.5. The van der Waals surface area contributed by atoms with Crippen molar-refractivity contribution in [2.24, 2.45) is 0 Å². The number of anilines is 1. The Bertz CT molecular complexity index is 672. The van der Waals surface area contributed by atoms with E-state index in [1.807, 2.05) is 24.3 Å².